The average Bonchev–Trinajstić information content (AvgIpc) is 2.87. The van der Waals surface area contributed by atoms with Crippen LogP contribution in [0.1, 0.15) is 27.4 Å². The number of hydrogen-bond acceptors (Lipinski definition) is 4. The molecular formula is C17H13F3N2O3. The van der Waals surface area contributed by atoms with E-state index in [1.807, 2.05) is 0 Å². The van der Waals surface area contributed by atoms with E-state index in [1.54, 1.807) is 19.1 Å². The minimum atomic E-state index is -4.56. The molecule has 3 rings (SSSR count). The van der Waals surface area contributed by atoms with Gasteiger partial charge in [-0.1, -0.05) is 6.07 Å². The average molecular weight is 350 g/mol. The highest BCUT2D eigenvalue weighted by Gasteiger charge is 2.35. The number of amides is 1. The molecule has 0 atom stereocenters. The number of aromatic nitrogens is 1. The summed E-state index contributed by atoms with van der Waals surface area (Å²) in [6.07, 6.45) is -3.49. The summed E-state index contributed by atoms with van der Waals surface area (Å²) in [6, 6.07) is 7.32. The summed E-state index contributed by atoms with van der Waals surface area (Å²) in [5.74, 6) is -0.000869. The fourth-order valence-corrected chi connectivity index (χ4v) is 2.57. The summed E-state index contributed by atoms with van der Waals surface area (Å²) in [7, 11) is 0. The molecule has 130 valence electrons. The molecule has 1 aromatic carbocycles. The molecule has 1 amide bonds. The summed E-state index contributed by atoms with van der Waals surface area (Å²) < 4.78 is 49.7. The van der Waals surface area contributed by atoms with Crippen LogP contribution < -0.4 is 10.5 Å². The van der Waals surface area contributed by atoms with Crippen molar-refractivity contribution in [3.05, 3.63) is 59.1 Å². The molecule has 0 aliphatic heterocycles. The van der Waals surface area contributed by atoms with Crippen LogP contribution in [-0.4, -0.2) is 10.9 Å². The molecule has 0 aliphatic carbocycles. The van der Waals surface area contributed by atoms with Crippen molar-refractivity contribution in [3.8, 4) is 5.75 Å². The van der Waals surface area contributed by atoms with Crippen LogP contribution in [0.2, 0.25) is 0 Å². The van der Waals surface area contributed by atoms with Crippen LogP contribution in [0.15, 0.2) is 40.9 Å². The number of aryl methyl sites for hydroxylation is 1. The first kappa shape index (κ1) is 16.8. The number of benzene rings is 1. The zero-order valence-electron chi connectivity index (χ0n) is 13.1. The lowest BCUT2D eigenvalue weighted by Crippen LogP contribution is -2.13. The fraction of sp³-hybridized carbons (Fsp3) is 0.176. The standard InChI is InChI=1S/C17H13F3N2O3/c1-9-14(16(21)23)12-7-11(4-5-13(12)25-9)24-8-10-3-2-6-22-15(10)17(18,19)20/h2-7H,8H2,1H3,(H2,21,23). The number of alkyl halides is 3. The van der Waals surface area contributed by atoms with Crippen molar-refractivity contribution >= 4 is 16.9 Å². The fourth-order valence-electron chi connectivity index (χ4n) is 2.57. The number of furan rings is 1. The van der Waals surface area contributed by atoms with Gasteiger partial charge >= 0.3 is 6.18 Å². The number of ether oxygens (including phenoxy) is 1. The third kappa shape index (κ3) is 3.28. The molecule has 2 heterocycles. The van der Waals surface area contributed by atoms with Crippen LogP contribution in [0, 0.1) is 6.92 Å². The molecule has 2 N–H and O–H groups in total. The maximum atomic E-state index is 12.9. The largest absolute Gasteiger partial charge is 0.489 e. The zero-order valence-corrected chi connectivity index (χ0v) is 13.1. The normalized spacial score (nSPS) is 11.7. The number of carbonyl (C=O) groups is 1. The minimum Gasteiger partial charge on any atom is -0.489 e. The molecule has 0 unspecified atom stereocenters. The van der Waals surface area contributed by atoms with E-state index in [2.05, 4.69) is 4.98 Å². The molecule has 8 heteroatoms. The number of pyridine rings is 1. The molecule has 0 saturated carbocycles. The predicted molar refractivity (Wildman–Crippen MR) is 83.0 cm³/mol. The number of nitrogens with zero attached hydrogens (tertiary/aromatic N) is 1. The zero-order chi connectivity index (χ0) is 18.2. The number of hydrogen-bond donors (Lipinski definition) is 1. The first-order valence-corrected chi connectivity index (χ1v) is 7.24. The maximum absolute atomic E-state index is 12.9. The molecule has 5 nitrogen and oxygen atoms in total. The van der Waals surface area contributed by atoms with Crippen LogP contribution >= 0.6 is 0 Å². The van der Waals surface area contributed by atoms with Crippen molar-refractivity contribution in [2.45, 2.75) is 19.7 Å². The molecule has 0 aliphatic rings. The Labute approximate surface area is 140 Å². The van der Waals surface area contributed by atoms with Crippen LogP contribution in [-0.2, 0) is 12.8 Å². The van der Waals surface area contributed by atoms with Crippen molar-refractivity contribution < 1.29 is 27.1 Å². The van der Waals surface area contributed by atoms with Crippen LogP contribution in [0.5, 0.6) is 5.75 Å². The quantitative estimate of drug-likeness (QED) is 0.776. The smallest absolute Gasteiger partial charge is 0.433 e. The maximum Gasteiger partial charge on any atom is 0.433 e. The third-order valence-corrected chi connectivity index (χ3v) is 3.64. The Balaban J connectivity index is 1.90. The van der Waals surface area contributed by atoms with Gasteiger partial charge in [-0.15, -0.1) is 0 Å². The summed E-state index contributed by atoms with van der Waals surface area (Å²) in [6.45, 7) is 1.28. The molecule has 0 bridgehead atoms. The summed E-state index contributed by atoms with van der Waals surface area (Å²) in [4.78, 5) is 14.9. The third-order valence-electron chi connectivity index (χ3n) is 3.64. The Hall–Kier alpha value is -3.03. The Morgan fingerprint density at radius 1 is 1.32 bits per heavy atom. The van der Waals surface area contributed by atoms with Gasteiger partial charge in [0.05, 0.1) is 5.56 Å². The number of nitrogens with two attached hydrogens (primary N) is 1. The first-order chi connectivity index (χ1) is 11.8. The van der Waals surface area contributed by atoms with E-state index in [1.165, 1.54) is 18.2 Å². The van der Waals surface area contributed by atoms with Gasteiger partial charge in [-0.3, -0.25) is 9.78 Å². The van der Waals surface area contributed by atoms with Crippen molar-refractivity contribution in [1.29, 1.82) is 0 Å². The Morgan fingerprint density at radius 2 is 2.08 bits per heavy atom. The highest BCUT2D eigenvalue weighted by Crippen LogP contribution is 2.32. The second-order valence-corrected chi connectivity index (χ2v) is 5.35. The molecule has 3 aromatic rings. The number of carbonyl (C=O) groups excluding carboxylic acids is 1. The topological polar surface area (TPSA) is 78.3 Å². The molecule has 25 heavy (non-hydrogen) atoms. The van der Waals surface area contributed by atoms with Crippen LogP contribution in [0.4, 0.5) is 13.2 Å². The summed E-state index contributed by atoms with van der Waals surface area (Å²) >= 11 is 0. The molecule has 2 aromatic heterocycles. The van der Waals surface area contributed by atoms with Crippen molar-refractivity contribution in [2.24, 2.45) is 5.73 Å². The van der Waals surface area contributed by atoms with Gasteiger partial charge in [-0.2, -0.15) is 13.2 Å². The minimum absolute atomic E-state index is 0.0893. The number of halogens is 3. The van der Waals surface area contributed by atoms with Crippen molar-refractivity contribution in [1.82, 2.24) is 4.98 Å². The van der Waals surface area contributed by atoms with E-state index >= 15 is 0 Å². The van der Waals surface area contributed by atoms with Gasteiger partial charge in [-0.25, -0.2) is 0 Å². The van der Waals surface area contributed by atoms with Crippen molar-refractivity contribution in [2.75, 3.05) is 0 Å². The Kier molecular flexibility index (Phi) is 4.12. The van der Waals surface area contributed by atoms with E-state index in [9.17, 15) is 18.0 Å². The van der Waals surface area contributed by atoms with E-state index in [0.29, 0.717) is 16.7 Å². The van der Waals surface area contributed by atoms with Crippen LogP contribution in [0.25, 0.3) is 11.0 Å². The van der Waals surface area contributed by atoms with Crippen LogP contribution in [0.3, 0.4) is 0 Å². The molecular weight excluding hydrogens is 337 g/mol. The molecule has 0 saturated heterocycles. The second kappa shape index (κ2) is 6.12. The molecule has 0 fully saturated rings. The number of primary amides is 1. The highest BCUT2D eigenvalue weighted by molar-refractivity contribution is 6.06. The summed E-state index contributed by atoms with van der Waals surface area (Å²) in [5, 5.41) is 0.449. The Bertz CT molecular complexity index is 948. The van der Waals surface area contributed by atoms with E-state index in [4.69, 9.17) is 14.9 Å². The first-order valence-electron chi connectivity index (χ1n) is 7.24. The van der Waals surface area contributed by atoms with Crippen molar-refractivity contribution in [3.63, 3.8) is 0 Å². The van der Waals surface area contributed by atoms with Gasteiger partial charge in [0.2, 0.25) is 0 Å². The SMILES string of the molecule is Cc1oc2ccc(OCc3cccnc3C(F)(F)F)cc2c1C(N)=O. The van der Waals surface area contributed by atoms with E-state index < -0.39 is 17.8 Å². The lowest BCUT2D eigenvalue weighted by atomic mass is 10.1. The number of rotatable bonds is 4. The Morgan fingerprint density at radius 3 is 2.76 bits per heavy atom. The van der Waals surface area contributed by atoms with Gasteiger partial charge in [0.1, 0.15) is 23.7 Å². The lowest BCUT2D eigenvalue weighted by molar-refractivity contribution is -0.142. The monoisotopic (exact) mass is 350 g/mol. The van der Waals surface area contributed by atoms with E-state index in [-0.39, 0.29) is 23.5 Å². The lowest BCUT2D eigenvalue weighted by Gasteiger charge is -2.12. The van der Waals surface area contributed by atoms with Gasteiger partial charge < -0.3 is 14.9 Å². The second-order valence-electron chi connectivity index (χ2n) is 5.35. The van der Waals surface area contributed by atoms with Gasteiger partial charge in [0.15, 0.2) is 5.69 Å². The number of fused-ring (bicyclic) bond motifs is 1. The molecule has 0 spiro atoms. The van der Waals surface area contributed by atoms with E-state index in [0.717, 1.165) is 6.20 Å². The van der Waals surface area contributed by atoms with Gasteiger partial charge in [-0.05, 0) is 31.2 Å². The summed E-state index contributed by atoms with van der Waals surface area (Å²) in [5.41, 5.74) is 4.91. The molecule has 0 radical (unpaired) electrons. The van der Waals surface area contributed by atoms with Gasteiger partial charge in [0, 0.05) is 17.1 Å². The predicted octanol–water partition coefficient (Wildman–Crippen LogP) is 3.83. The van der Waals surface area contributed by atoms with Gasteiger partial charge in [0.25, 0.3) is 5.91 Å². The highest BCUT2D eigenvalue weighted by atomic mass is 19.4.